The van der Waals surface area contributed by atoms with Crippen LogP contribution in [0, 0.1) is 5.82 Å². The van der Waals surface area contributed by atoms with Gasteiger partial charge in [0.15, 0.2) is 5.15 Å². The Hall–Kier alpha value is -2.77. The quantitative estimate of drug-likeness (QED) is 0.542. The van der Waals surface area contributed by atoms with Crippen LogP contribution in [0.2, 0.25) is 5.15 Å². The zero-order valence-corrected chi connectivity index (χ0v) is 17.1. The summed E-state index contributed by atoms with van der Waals surface area (Å²) >= 11 is 5.99. The van der Waals surface area contributed by atoms with Crippen molar-refractivity contribution in [3.63, 3.8) is 0 Å². The molecular formula is C21H23ClFN5O. The number of amides is 1. The number of hydrogen-bond acceptors (Lipinski definition) is 4. The molecule has 1 atom stereocenters. The minimum Gasteiger partial charge on any atom is -0.322 e. The molecule has 0 saturated carbocycles. The minimum absolute atomic E-state index is 0.137. The van der Waals surface area contributed by atoms with E-state index in [2.05, 4.69) is 20.5 Å². The maximum absolute atomic E-state index is 13.0. The zero-order valence-electron chi connectivity index (χ0n) is 16.3. The van der Waals surface area contributed by atoms with Crippen LogP contribution in [0.5, 0.6) is 0 Å². The van der Waals surface area contributed by atoms with E-state index in [1.807, 2.05) is 24.9 Å². The molecule has 6 nitrogen and oxygen atoms in total. The SMILES string of the molecule is CC(C(=O)Nc1cccnc1Cl)N(C)CCCc1cc(-c2ccc(F)cc2)n[nH]1. The molecule has 0 radical (unpaired) electrons. The van der Waals surface area contributed by atoms with Crippen molar-refractivity contribution >= 4 is 23.2 Å². The molecule has 29 heavy (non-hydrogen) atoms. The van der Waals surface area contributed by atoms with Crippen molar-refractivity contribution in [2.45, 2.75) is 25.8 Å². The van der Waals surface area contributed by atoms with Gasteiger partial charge in [-0.05, 0) is 75.8 Å². The molecule has 152 valence electrons. The number of pyridine rings is 1. The lowest BCUT2D eigenvalue weighted by Crippen LogP contribution is -2.40. The van der Waals surface area contributed by atoms with Crippen molar-refractivity contribution in [1.82, 2.24) is 20.1 Å². The second kappa shape index (κ2) is 9.62. The summed E-state index contributed by atoms with van der Waals surface area (Å²) in [5.41, 5.74) is 3.15. The van der Waals surface area contributed by atoms with Gasteiger partial charge in [0, 0.05) is 17.5 Å². The van der Waals surface area contributed by atoms with Crippen molar-refractivity contribution in [2.24, 2.45) is 0 Å². The molecule has 2 aromatic heterocycles. The van der Waals surface area contributed by atoms with E-state index in [1.54, 1.807) is 30.5 Å². The van der Waals surface area contributed by atoms with Gasteiger partial charge in [-0.25, -0.2) is 9.37 Å². The van der Waals surface area contributed by atoms with Gasteiger partial charge >= 0.3 is 0 Å². The highest BCUT2D eigenvalue weighted by Crippen LogP contribution is 2.19. The van der Waals surface area contributed by atoms with Crippen LogP contribution in [0.25, 0.3) is 11.3 Å². The van der Waals surface area contributed by atoms with Gasteiger partial charge in [-0.2, -0.15) is 5.10 Å². The number of carbonyl (C=O) groups is 1. The molecule has 0 spiro atoms. The summed E-state index contributed by atoms with van der Waals surface area (Å²) in [4.78, 5) is 18.4. The minimum atomic E-state index is -0.317. The van der Waals surface area contributed by atoms with Crippen LogP contribution in [-0.4, -0.2) is 45.6 Å². The number of likely N-dealkylation sites (N-methyl/N-ethyl adjacent to an activating group) is 1. The standard InChI is InChI=1S/C21H23ClFN5O/c1-14(21(29)25-18-6-3-11-24-20(18)22)28(2)12-4-5-17-13-19(27-26-17)15-7-9-16(23)10-8-15/h3,6-11,13-14H,4-5,12H2,1-2H3,(H,25,29)(H,26,27). The van der Waals surface area contributed by atoms with Crippen molar-refractivity contribution in [2.75, 3.05) is 18.9 Å². The molecule has 2 heterocycles. The molecular weight excluding hydrogens is 393 g/mol. The number of nitrogens with zero attached hydrogens (tertiary/aromatic N) is 3. The number of aromatic amines is 1. The van der Waals surface area contributed by atoms with Crippen LogP contribution >= 0.6 is 11.6 Å². The van der Waals surface area contributed by atoms with Crippen LogP contribution < -0.4 is 5.32 Å². The van der Waals surface area contributed by atoms with E-state index in [-0.39, 0.29) is 22.9 Å². The molecule has 3 rings (SSSR count). The van der Waals surface area contributed by atoms with Crippen LogP contribution in [-0.2, 0) is 11.2 Å². The van der Waals surface area contributed by atoms with Gasteiger partial charge in [0.25, 0.3) is 0 Å². The topological polar surface area (TPSA) is 73.9 Å². The lowest BCUT2D eigenvalue weighted by molar-refractivity contribution is -0.120. The third-order valence-corrected chi connectivity index (χ3v) is 5.09. The molecule has 0 aliphatic rings. The fourth-order valence-corrected chi connectivity index (χ4v) is 3.05. The summed E-state index contributed by atoms with van der Waals surface area (Å²) in [5, 5.41) is 10.4. The van der Waals surface area contributed by atoms with Gasteiger partial charge in [0.2, 0.25) is 5.91 Å². The number of carbonyl (C=O) groups excluding carboxylic acids is 1. The monoisotopic (exact) mass is 415 g/mol. The number of rotatable bonds is 8. The van der Waals surface area contributed by atoms with Crippen LogP contribution in [0.3, 0.4) is 0 Å². The van der Waals surface area contributed by atoms with Crippen LogP contribution in [0.1, 0.15) is 19.0 Å². The Morgan fingerprint density at radius 1 is 1.31 bits per heavy atom. The predicted molar refractivity (Wildman–Crippen MR) is 112 cm³/mol. The fraction of sp³-hybridized carbons (Fsp3) is 0.286. The molecule has 2 N–H and O–H groups in total. The average Bonchev–Trinajstić information content (AvgIpc) is 3.18. The second-order valence-corrected chi connectivity index (χ2v) is 7.23. The molecule has 0 aliphatic carbocycles. The third-order valence-electron chi connectivity index (χ3n) is 4.79. The van der Waals surface area contributed by atoms with E-state index in [9.17, 15) is 9.18 Å². The molecule has 0 fully saturated rings. The first-order valence-electron chi connectivity index (χ1n) is 9.36. The normalized spacial score (nSPS) is 12.2. The maximum Gasteiger partial charge on any atom is 0.241 e. The molecule has 0 aliphatic heterocycles. The summed E-state index contributed by atoms with van der Waals surface area (Å²) in [6, 6.07) is 11.3. The molecule has 3 aromatic rings. The number of aryl methyl sites for hydroxylation is 1. The van der Waals surface area contributed by atoms with E-state index in [0.717, 1.165) is 36.3 Å². The molecule has 0 bridgehead atoms. The third kappa shape index (κ3) is 5.62. The second-order valence-electron chi connectivity index (χ2n) is 6.88. The first kappa shape index (κ1) is 21.0. The highest BCUT2D eigenvalue weighted by Gasteiger charge is 2.19. The van der Waals surface area contributed by atoms with Crippen molar-refractivity contribution in [3.05, 3.63) is 65.3 Å². The number of nitrogens with one attached hydrogen (secondary N) is 2. The molecule has 8 heteroatoms. The number of hydrogen-bond donors (Lipinski definition) is 2. The Morgan fingerprint density at radius 3 is 2.79 bits per heavy atom. The molecule has 0 saturated heterocycles. The lowest BCUT2D eigenvalue weighted by atomic mass is 10.1. The number of aromatic nitrogens is 3. The van der Waals surface area contributed by atoms with E-state index in [4.69, 9.17) is 11.6 Å². The zero-order chi connectivity index (χ0) is 20.8. The van der Waals surface area contributed by atoms with Gasteiger partial charge in [0.1, 0.15) is 5.82 Å². The van der Waals surface area contributed by atoms with Gasteiger partial charge in [-0.1, -0.05) is 11.6 Å². The van der Waals surface area contributed by atoms with Gasteiger partial charge < -0.3 is 5.32 Å². The highest BCUT2D eigenvalue weighted by atomic mass is 35.5. The Labute approximate surface area is 174 Å². The van der Waals surface area contributed by atoms with Crippen molar-refractivity contribution < 1.29 is 9.18 Å². The van der Waals surface area contributed by atoms with E-state index >= 15 is 0 Å². The number of H-pyrrole nitrogens is 1. The largest absolute Gasteiger partial charge is 0.322 e. The molecule has 1 aromatic carbocycles. The summed E-state index contributed by atoms with van der Waals surface area (Å²) in [6.07, 6.45) is 3.22. The van der Waals surface area contributed by atoms with Crippen LogP contribution in [0.4, 0.5) is 10.1 Å². The Kier molecular flexibility index (Phi) is 6.95. The van der Waals surface area contributed by atoms with Gasteiger partial charge in [-0.3, -0.25) is 14.8 Å². The fourth-order valence-electron chi connectivity index (χ4n) is 2.89. The summed E-state index contributed by atoms with van der Waals surface area (Å²) in [7, 11) is 1.91. The maximum atomic E-state index is 13.0. The number of anilines is 1. The lowest BCUT2D eigenvalue weighted by Gasteiger charge is -2.23. The summed E-state index contributed by atoms with van der Waals surface area (Å²) in [6.45, 7) is 2.59. The molecule has 1 unspecified atom stereocenters. The number of halogens is 2. The first-order chi connectivity index (χ1) is 13.9. The Morgan fingerprint density at radius 2 is 2.07 bits per heavy atom. The smallest absolute Gasteiger partial charge is 0.241 e. The van der Waals surface area contributed by atoms with Gasteiger partial charge in [-0.15, -0.1) is 0 Å². The molecule has 1 amide bonds. The Bertz CT molecular complexity index is 960. The average molecular weight is 416 g/mol. The van der Waals surface area contributed by atoms with Crippen molar-refractivity contribution in [3.8, 4) is 11.3 Å². The Balaban J connectivity index is 1.48. The van der Waals surface area contributed by atoms with E-state index in [1.165, 1.54) is 12.1 Å². The first-order valence-corrected chi connectivity index (χ1v) is 9.73. The number of benzene rings is 1. The van der Waals surface area contributed by atoms with Crippen LogP contribution in [0.15, 0.2) is 48.7 Å². The summed E-state index contributed by atoms with van der Waals surface area (Å²) < 4.78 is 13.0. The predicted octanol–water partition coefficient (Wildman–Crippen LogP) is 4.16. The van der Waals surface area contributed by atoms with E-state index in [0.29, 0.717) is 5.69 Å². The highest BCUT2D eigenvalue weighted by molar-refractivity contribution is 6.32. The van der Waals surface area contributed by atoms with Crippen molar-refractivity contribution in [1.29, 1.82) is 0 Å². The summed E-state index contributed by atoms with van der Waals surface area (Å²) in [5.74, 6) is -0.404. The van der Waals surface area contributed by atoms with E-state index < -0.39 is 0 Å². The van der Waals surface area contributed by atoms with Gasteiger partial charge in [0.05, 0.1) is 17.4 Å².